The van der Waals surface area contributed by atoms with Gasteiger partial charge in [0, 0.05) is 43.8 Å². The third-order valence-corrected chi connectivity index (χ3v) is 7.50. The summed E-state index contributed by atoms with van der Waals surface area (Å²) in [5, 5.41) is 10.9. The number of amides is 6. The lowest BCUT2D eigenvalue weighted by molar-refractivity contribution is -0.137. The summed E-state index contributed by atoms with van der Waals surface area (Å²) in [4.78, 5) is 73.9. The predicted molar refractivity (Wildman–Crippen MR) is 189 cm³/mol. The van der Waals surface area contributed by atoms with E-state index in [1.54, 1.807) is 6.92 Å². The van der Waals surface area contributed by atoms with E-state index in [9.17, 15) is 28.8 Å². The van der Waals surface area contributed by atoms with Crippen LogP contribution in [0.5, 0.6) is 0 Å². The monoisotopic (exact) mass is 717 g/mol. The minimum atomic E-state index is -0.812. The van der Waals surface area contributed by atoms with Crippen molar-refractivity contribution in [2.45, 2.75) is 66.0 Å². The van der Waals surface area contributed by atoms with Gasteiger partial charge in [0.15, 0.2) is 0 Å². The Morgan fingerprint density at radius 3 is 1.76 bits per heavy atom. The van der Waals surface area contributed by atoms with Gasteiger partial charge in [-0.2, -0.15) is 0 Å². The van der Waals surface area contributed by atoms with Crippen LogP contribution in [0.1, 0.15) is 53.0 Å². The normalized spacial score (nSPS) is 13.8. The van der Waals surface area contributed by atoms with Gasteiger partial charge in [-0.05, 0) is 42.9 Å². The number of nitrogens with one attached hydrogen (secondary N) is 4. The van der Waals surface area contributed by atoms with E-state index in [0.29, 0.717) is 57.8 Å². The standard InChI is InChI=1S/C36H55N5O10/c1-25(2)24-28-6-8-29(9-7-28)39-35(46)27(5)38-36(47)34(26(3)4)40-31(43)13-16-48-18-20-50-22-23-51-21-19-49-17-14-37-30(42)12-15-41-32(44)10-11-33(41)45/h6-11,25-27,34H,12-24H2,1-5H3,(H,37,42)(H,38,47)(H,39,46)(H,40,43)/t27-,34-/m0/s1. The first kappa shape index (κ1) is 43.0. The Bertz CT molecular complexity index is 1280. The number of benzene rings is 1. The van der Waals surface area contributed by atoms with E-state index in [1.165, 1.54) is 17.7 Å². The lowest BCUT2D eigenvalue weighted by atomic mass is 10.0. The fourth-order valence-corrected chi connectivity index (χ4v) is 4.74. The molecule has 2 rings (SSSR count). The topological polar surface area (TPSA) is 191 Å². The summed E-state index contributed by atoms with van der Waals surface area (Å²) in [6.45, 7) is 12.3. The Hall–Kier alpha value is -4.18. The third kappa shape index (κ3) is 18.0. The van der Waals surface area contributed by atoms with E-state index < -0.39 is 29.8 Å². The molecular formula is C36H55N5O10. The van der Waals surface area contributed by atoms with Gasteiger partial charge in [0.1, 0.15) is 12.1 Å². The average Bonchev–Trinajstić information content (AvgIpc) is 3.40. The highest BCUT2D eigenvalue weighted by atomic mass is 16.6. The summed E-state index contributed by atoms with van der Waals surface area (Å²) < 4.78 is 21.7. The minimum absolute atomic E-state index is 0.0280. The number of rotatable bonds is 26. The van der Waals surface area contributed by atoms with Gasteiger partial charge in [0.05, 0.1) is 52.9 Å². The molecule has 6 amide bonds. The number of carbonyl (C=O) groups excluding carboxylic acids is 6. The van der Waals surface area contributed by atoms with E-state index in [-0.39, 0.29) is 56.2 Å². The van der Waals surface area contributed by atoms with Gasteiger partial charge in [-0.25, -0.2) is 0 Å². The number of hydrogen-bond acceptors (Lipinski definition) is 10. The maximum Gasteiger partial charge on any atom is 0.253 e. The number of hydrogen-bond donors (Lipinski definition) is 4. The van der Waals surface area contributed by atoms with Crippen LogP contribution in [0.25, 0.3) is 0 Å². The molecule has 1 aliphatic heterocycles. The molecule has 1 heterocycles. The van der Waals surface area contributed by atoms with E-state index >= 15 is 0 Å². The Labute approximate surface area is 300 Å². The molecule has 284 valence electrons. The van der Waals surface area contributed by atoms with Crippen molar-refractivity contribution < 1.29 is 47.7 Å². The number of anilines is 1. The van der Waals surface area contributed by atoms with Gasteiger partial charge >= 0.3 is 0 Å². The molecule has 1 aliphatic rings. The summed E-state index contributed by atoms with van der Waals surface area (Å²) in [6.07, 6.45) is 3.40. The second-order valence-corrected chi connectivity index (χ2v) is 12.8. The zero-order chi connectivity index (χ0) is 37.6. The van der Waals surface area contributed by atoms with E-state index in [4.69, 9.17) is 18.9 Å². The number of nitrogens with zero attached hydrogens (tertiary/aromatic N) is 1. The first-order valence-corrected chi connectivity index (χ1v) is 17.5. The summed E-state index contributed by atoms with van der Waals surface area (Å²) in [6, 6.07) is 6.01. The molecule has 15 heteroatoms. The highest BCUT2D eigenvalue weighted by Gasteiger charge is 2.27. The van der Waals surface area contributed by atoms with Crippen LogP contribution in [0.3, 0.4) is 0 Å². The van der Waals surface area contributed by atoms with Crippen molar-refractivity contribution in [2.24, 2.45) is 11.8 Å². The third-order valence-electron chi connectivity index (χ3n) is 7.50. The van der Waals surface area contributed by atoms with Crippen molar-refractivity contribution in [1.29, 1.82) is 0 Å². The number of imide groups is 1. The number of ether oxygens (including phenoxy) is 4. The van der Waals surface area contributed by atoms with E-state index in [2.05, 4.69) is 35.1 Å². The zero-order valence-corrected chi connectivity index (χ0v) is 30.5. The fraction of sp³-hybridized carbons (Fsp3) is 0.611. The minimum Gasteiger partial charge on any atom is -0.379 e. The summed E-state index contributed by atoms with van der Waals surface area (Å²) in [7, 11) is 0. The van der Waals surface area contributed by atoms with E-state index in [0.717, 1.165) is 11.3 Å². The molecule has 1 aromatic carbocycles. The molecule has 15 nitrogen and oxygen atoms in total. The summed E-state index contributed by atoms with van der Waals surface area (Å²) >= 11 is 0. The van der Waals surface area contributed by atoms with Crippen LogP contribution in [0, 0.1) is 11.8 Å². The lowest BCUT2D eigenvalue weighted by Gasteiger charge is -2.24. The van der Waals surface area contributed by atoms with Crippen LogP contribution in [-0.2, 0) is 54.1 Å². The van der Waals surface area contributed by atoms with Gasteiger partial charge in [-0.3, -0.25) is 33.7 Å². The van der Waals surface area contributed by atoms with Gasteiger partial charge in [-0.1, -0.05) is 39.8 Å². The first-order chi connectivity index (χ1) is 24.4. The molecule has 0 aliphatic carbocycles. The van der Waals surface area contributed by atoms with Crippen molar-refractivity contribution in [3.05, 3.63) is 42.0 Å². The van der Waals surface area contributed by atoms with Gasteiger partial charge in [0.2, 0.25) is 23.6 Å². The SMILES string of the molecule is CC(C)Cc1ccc(NC(=O)[C@H](C)NC(=O)[C@@H](NC(=O)CCOCCOCCOCCOCCNC(=O)CCN2C(=O)C=CC2=O)C(C)C)cc1. The van der Waals surface area contributed by atoms with Crippen molar-refractivity contribution >= 4 is 41.1 Å². The maximum atomic E-state index is 12.9. The Balaban J connectivity index is 1.46. The molecule has 0 saturated heterocycles. The smallest absolute Gasteiger partial charge is 0.253 e. The van der Waals surface area contributed by atoms with Crippen molar-refractivity contribution in [2.75, 3.05) is 71.3 Å². The highest BCUT2D eigenvalue weighted by Crippen LogP contribution is 2.13. The molecule has 0 saturated carbocycles. The molecule has 0 unspecified atom stereocenters. The fourth-order valence-electron chi connectivity index (χ4n) is 4.74. The van der Waals surface area contributed by atoms with Crippen molar-refractivity contribution in [3.63, 3.8) is 0 Å². The first-order valence-electron chi connectivity index (χ1n) is 17.5. The maximum absolute atomic E-state index is 12.9. The van der Waals surface area contributed by atoms with Crippen molar-refractivity contribution in [3.8, 4) is 0 Å². The van der Waals surface area contributed by atoms with Crippen LogP contribution >= 0.6 is 0 Å². The Kier molecular flexibility index (Phi) is 20.3. The Morgan fingerprint density at radius 1 is 0.667 bits per heavy atom. The van der Waals surface area contributed by atoms with Crippen LogP contribution < -0.4 is 21.3 Å². The second kappa shape index (κ2) is 24.1. The predicted octanol–water partition coefficient (Wildman–Crippen LogP) is 1.36. The molecule has 0 fully saturated rings. The van der Waals surface area contributed by atoms with Crippen LogP contribution in [0.4, 0.5) is 5.69 Å². The van der Waals surface area contributed by atoms with E-state index in [1.807, 2.05) is 38.1 Å². The molecule has 4 N–H and O–H groups in total. The average molecular weight is 718 g/mol. The van der Waals surface area contributed by atoms with Crippen molar-refractivity contribution in [1.82, 2.24) is 20.9 Å². The van der Waals surface area contributed by atoms with Gasteiger partial charge in [0.25, 0.3) is 11.8 Å². The van der Waals surface area contributed by atoms with Gasteiger partial charge < -0.3 is 40.2 Å². The molecule has 0 spiro atoms. The largest absolute Gasteiger partial charge is 0.379 e. The molecule has 2 atom stereocenters. The summed E-state index contributed by atoms with van der Waals surface area (Å²) in [5.41, 5.74) is 1.83. The lowest BCUT2D eigenvalue weighted by Crippen LogP contribution is -2.53. The highest BCUT2D eigenvalue weighted by molar-refractivity contribution is 6.13. The molecule has 1 aromatic rings. The number of carbonyl (C=O) groups is 6. The molecular weight excluding hydrogens is 662 g/mol. The second-order valence-electron chi connectivity index (χ2n) is 12.8. The molecule has 0 bridgehead atoms. The molecule has 51 heavy (non-hydrogen) atoms. The molecule has 0 radical (unpaired) electrons. The quantitative estimate of drug-likeness (QED) is 0.0804. The van der Waals surface area contributed by atoms with Gasteiger partial charge in [-0.15, -0.1) is 0 Å². The summed E-state index contributed by atoms with van der Waals surface area (Å²) in [5.74, 6) is -1.92. The Morgan fingerprint density at radius 2 is 1.22 bits per heavy atom. The van der Waals surface area contributed by atoms with Crippen LogP contribution in [0.2, 0.25) is 0 Å². The van der Waals surface area contributed by atoms with Crippen LogP contribution in [0.15, 0.2) is 36.4 Å². The zero-order valence-electron chi connectivity index (χ0n) is 30.5. The molecule has 0 aromatic heterocycles. The van der Waals surface area contributed by atoms with Crippen LogP contribution in [-0.4, -0.2) is 118 Å².